The highest BCUT2D eigenvalue weighted by molar-refractivity contribution is 7.92. The second kappa shape index (κ2) is 8.79. The first kappa shape index (κ1) is 20.4. The highest BCUT2D eigenvalue weighted by atomic mass is 32.2. The monoisotopic (exact) mass is 410 g/mol. The van der Waals surface area contributed by atoms with Gasteiger partial charge in [-0.05, 0) is 42.3 Å². The SMILES string of the molecule is COc1ccccc1NS(=O)(=O)c1cc(NC(=O)Cc2ccccc2)ccc1C. The zero-order valence-corrected chi connectivity index (χ0v) is 17.0. The average molecular weight is 410 g/mol. The summed E-state index contributed by atoms with van der Waals surface area (Å²) in [6.45, 7) is 1.70. The molecular weight excluding hydrogens is 388 g/mol. The van der Waals surface area contributed by atoms with Crippen LogP contribution in [0.25, 0.3) is 0 Å². The standard InChI is InChI=1S/C22H22N2O4S/c1-16-12-13-18(23-22(25)14-17-8-4-3-5-9-17)15-21(16)29(26,27)24-19-10-6-7-11-20(19)28-2/h3-13,15,24H,14H2,1-2H3,(H,23,25). The van der Waals surface area contributed by atoms with Gasteiger partial charge in [0.05, 0.1) is 24.1 Å². The van der Waals surface area contributed by atoms with Crippen LogP contribution in [0.5, 0.6) is 5.75 Å². The fourth-order valence-corrected chi connectivity index (χ4v) is 4.22. The Bertz CT molecular complexity index is 1110. The van der Waals surface area contributed by atoms with E-state index < -0.39 is 10.0 Å². The number of carbonyl (C=O) groups is 1. The smallest absolute Gasteiger partial charge is 0.262 e. The molecule has 0 radical (unpaired) electrons. The van der Waals surface area contributed by atoms with Crippen molar-refractivity contribution in [1.29, 1.82) is 0 Å². The van der Waals surface area contributed by atoms with Crippen molar-refractivity contribution in [2.24, 2.45) is 0 Å². The Balaban J connectivity index is 1.81. The first-order valence-corrected chi connectivity index (χ1v) is 10.5. The van der Waals surface area contributed by atoms with Crippen molar-refractivity contribution in [2.45, 2.75) is 18.2 Å². The molecule has 0 atom stereocenters. The Morgan fingerprint density at radius 1 is 0.966 bits per heavy atom. The summed E-state index contributed by atoms with van der Waals surface area (Å²) < 4.78 is 33.6. The number of carbonyl (C=O) groups excluding carboxylic acids is 1. The number of rotatable bonds is 7. The van der Waals surface area contributed by atoms with E-state index in [2.05, 4.69) is 10.0 Å². The molecule has 3 aromatic carbocycles. The number of ether oxygens (including phenoxy) is 1. The second-order valence-corrected chi connectivity index (χ2v) is 8.15. The minimum Gasteiger partial charge on any atom is -0.495 e. The van der Waals surface area contributed by atoms with Crippen LogP contribution in [0, 0.1) is 6.92 Å². The van der Waals surface area contributed by atoms with E-state index in [0.717, 1.165) is 5.56 Å². The van der Waals surface area contributed by atoms with Crippen molar-refractivity contribution in [2.75, 3.05) is 17.1 Å². The Labute approximate surface area is 170 Å². The maximum absolute atomic E-state index is 12.9. The van der Waals surface area contributed by atoms with Gasteiger partial charge in [0.25, 0.3) is 10.0 Å². The van der Waals surface area contributed by atoms with Gasteiger partial charge in [-0.15, -0.1) is 0 Å². The van der Waals surface area contributed by atoms with Crippen LogP contribution in [-0.2, 0) is 21.2 Å². The van der Waals surface area contributed by atoms with Gasteiger partial charge in [0.15, 0.2) is 0 Å². The number of nitrogens with one attached hydrogen (secondary N) is 2. The number of para-hydroxylation sites is 2. The topological polar surface area (TPSA) is 84.5 Å². The van der Waals surface area contributed by atoms with Gasteiger partial charge in [0.2, 0.25) is 5.91 Å². The number of amides is 1. The normalized spacial score (nSPS) is 11.0. The van der Waals surface area contributed by atoms with E-state index in [1.165, 1.54) is 13.2 Å². The lowest BCUT2D eigenvalue weighted by Crippen LogP contribution is -2.17. The summed E-state index contributed by atoms with van der Waals surface area (Å²) in [5.74, 6) is 0.196. The third kappa shape index (κ3) is 5.14. The maximum atomic E-state index is 12.9. The molecule has 0 aliphatic carbocycles. The first-order chi connectivity index (χ1) is 13.9. The summed E-state index contributed by atoms with van der Waals surface area (Å²) in [6.07, 6.45) is 0.205. The van der Waals surface area contributed by atoms with Gasteiger partial charge in [0.1, 0.15) is 5.75 Å². The van der Waals surface area contributed by atoms with E-state index in [0.29, 0.717) is 22.7 Å². The lowest BCUT2D eigenvalue weighted by molar-refractivity contribution is -0.115. The molecule has 0 aliphatic heterocycles. The van der Waals surface area contributed by atoms with Crippen LogP contribution >= 0.6 is 0 Å². The lowest BCUT2D eigenvalue weighted by atomic mass is 10.1. The van der Waals surface area contributed by atoms with Crippen molar-refractivity contribution in [1.82, 2.24) is 0 Å². The molecule has 3 rings (SSSR count). The highest BCUT2D eigenvalue weighted by Crippen LogP contribution is 2.28. The number of sulfonamides is 1. The van der Waals surface area contributed by atoms with Crippen LogP contribution in [0.3, 0.4) is 0 Å². The van der Waals surface area contributed by atoms with Crippen LogP contribution in [0.4, 0.5) is 11.4 Å². The molecule has 3 aromatic rings. The second-order valence-electron chi connectivity index (χ2n) is 6.50. The third-order valence-corrected chi connectivity index (χ3v) is 5.83. The number of benzene rings is 3. The first-order valence-electron chi connectivity index (χ1n) is 8.99. The molecule has 150 valence electrons. The molecule has 2 N–H and O–H groups in total. The van der Waals surface area contributed by atoms with Crippen LogP contribution in [0.1, 0.15) is 11.1 Å². The minimum atomic E-state index is -3.88. The van der Waals surface area contributed by atoms with E-state index in [1.54, 1.807) is 43.3 Å². The molecule has 0 fully saturated rings. The van der Waals surface area contributed by atoms with Gasteiger partial charge in [-0.1, -0.05) is 48.5 Å². The van der Waals surface area contributed by atoms with Crippen LogP contribution in [0.2, 0.25) is 0 Å². The molecular formula is C22H22N2O4S. The Hall–Kier alpha value is -3.32. The molecule has 0 heterocycles. The Morgan fingerprint density at radius 3 is 2.38 bits per heavy atom. The molecule has 7 heteroatoms. The Morgan fingerprint density at radius 2 is 1.66 bits per heavy atom. The maximum Gasteiger partial charge on any atom is 0.262 e. The number of anilines is 2. The summed E-state index contributed by atoms with van der Waals surface area (Å²) >= 11 is 0. The van der Waals surface area contributed by atoms with Gasteiger partial charge >= 0.3 is 0 Å². The van der Waals surface area contributed by atoms with E-state index >= 15 is 0 Å². The molecule has 0 aromatic heterocycles. The zero-order valence-electron chi connectivity index (χ0n) is 16.2. The fraction of sp³-hybridized carbons (Fsp3) is 0.136. The summed E-state index contributed by atoms with van der Waals surface area (Å²) in [4.78, 5) is 12.4. The van der Waals surface area contributed by atoms with Gasteiger partial charge in [0, 0.05) is 5.69 Å². The molecule has 6 nitrogen and oxygen atoms in total. The number of hydrogen-bond acceptors (Lipinski definition) is 4. The summed E-state index contributed by atoms with van der Waals surface area (Å²) in [5.41, 5.74) is 2.20. The third-order valence-electron chi connectivity index (χ3n) is 4.32. The summed E-state index contributed by atoms with van der Waals surface area (Å²) in [5, 5.41) is 2.76. The molecule has 0 unspecified atom stereocenters. The van der Waals surface area contributed by atoms with Crippen LogP contribution < -0.4 is 14.8 Å². The van der Waals surface area contributed by atoms with E-state index in [-0.39, 0.29) is 17.2 Å². The zero-order chi connectivity index (χ0) is 20.9. The van der Waals surface area contributed by atoms with E-state index in [9.17, 15) is 13.2 Å². The minimum absolute atomic E-state index is 0.0842. The predicted molar refractivity (Wildman–Crippen MR) is 114 cm³/mol. The molecule has 0 bridgehead atoms. The molecule has 0 spiro atoms. The van der Waals surface area contributed by atoms with Crippen LogP contribution in [-0.4, -0.2) is 21.4 Å². The predicted octanol–water partition coefficient (Wildman–Crippen LogP) is 3.99. The molecule has 1 amide bonds. The van der Waals surface area contributed by atoms with E-state index in [4.69, 9.17) is 4.74 Å². The molecule has 0 aliphatic rings. The van der Waals surface area contributed by atoms with Gasteiger partial charge in [-0.3, -0.25) is 9.52 Å². The molecule has 0 saturated heterocycles. The van der Waals surface area contributed by atoms with Gasteiger partial charge in [-0.2, -0.15) is 0 Å². The number of aryl methyl sites for hydroxylation is 1. The Kier molecular flexibility index (Phi) is 6.19. The quantitative estimate of drug-likeness (QED) is 0.617. The van der Waals surface area contributed by atoms with Crippen molar-refractivity contribution in [3.8, 4) is 5.75 Å². The number of hydrogen-bond donors (Lipinski definition) is 2. The summed E-state index contributed by atoms with van der Waals surface area (Å²) in [7, 11) is -2.40. The van der Waals surface area contributed by atoms with Crippen molar-refractivity contribution in [3.05, 3.63) is 83.9 Å². The van der Waals surface area contributed by atoms with E-state index in [1.807, 2.05) is 30.3 Å². The van der Waals surface area contributed by atoms with Crippen molar-refractivity contribution in [3.63, 3.8) is 0 Å². The van der Waals surface area contributed by atoms with Gasteiger partial charge < -0.3 is 10.1 Å². The lowest BCUT2D eigenvalue weighted by Gasteiger charge is -2.14. The fourth-order valence-electron chi connectivity index (χ4n) is 2.88. The largest absolute Gasteiger partial charge is 0.495 e. The van der Waals surface area contributed by atoms with Crippen molar-refractivity contribution < 1.29 is 17.9 Å². The van der Waals surface area contributed by atoms with Crippen molar-refractivity contribution >= 4 is 27.3 Å². The molecule has 0 saturated carbocycles. The number of methoxy groups -OCH3 is 1. The average Bonchev–Trinajstić information content (AvgIpc) is 2.70. The highest BCUT2D eigenvalue weighted by Gasteiger charge is 2.20. The van der Waals surface area contributed by atoms with Crippen LogP contribution in [0.15, 0.2) is 77.7 Å². The van der Waals surface area contributed by atoms with Gasteiger partial charge in [-0.25, -0.2) is 8.42 Å². The summed E-state index contributed by atoms with van der Waals surface area (Å²) in [6, 6.07) is 20.9. The molecule has 29 heavy (non-hydrogen) atoms.